The van der Waals surface area contributed by atoms with Gasteiger partial charge in [0.15, 0.2) is 0 Å². The van der Waals surface area contributed by atoms with Crippen molar-refractivity contribution >= 4 is 12.2 Å². The number of unbranched alkanes of at least 4 members (excludes halogenated alkanes) is 3. The molecule has 0 aliphatic heterocycles. The molecule has 0 bridgehead atoms. The van der Waals surface area contributed by atoms with Gasteiger partial charge >= 0.3 is 12.2 Å². The summed E-state index contributed by atoms with van der Waals surface area (Å²) in [6, 6.07) is 0. The van der Waals surface area contributed by atoms with Crippen LogP contribution in [0.3, 0.4) is 0 Å². The lowest BCUT2D eigenvalue weighted by Crippen LogP contribution is -2.46. The highest BCUT2D eigenvalue weighted by Crippen LogP contribution is 2.14. The topological polar surface area (TPSA) is 67.9 Å². The second-order valence-corrected chi connectivity index (χ2v) is 8.00. The summed E-state index contributed by atoms with van der Waals surface area (Å²) in [6.45, 7) is 15.8. The first-order valence-electron chi connectivity index (χ1n) is 9.01. The van der Waals surface area contributed by atoms with Crippen LogP contribution < -0.4 is 5.32 Å². The Morgan fingerprint density at radius 3 is 1.88 bits per heavy atom. The highest BCUT2D eigenvalue weighted by Gasteiger charge is 2.30. The van der Waals surface area contributed by atoms with Crippen molar-refractivity contribution in [1.29, 1.82) is 0 Å². The fraction of sp³-hybridized carbons (Fsp3) is 0.789. The molecule has 0 aliphatic carbocycles. The van der Waals surface area contributed by atoms with Crippen molar-refractivity contribution in [3.05, 3.63) is 12.7 Å². The van der Waals surface area contributed by atoms with Crippen molar-refractivity contribution in [3.8, 4) is 0 Å². The molecular formula is C19H36N2O4. The van der Waals surface area contributed by atoms with Crippen LogP contribution in [0.5, 0.6) is 0 Å². The van der Waals surface area contributed by atoms with E-state index in [-0.39, 0.29) is 6.54 Å². The molecule has 0 aromatic rings. The number of imide groups is 1. The van der Waals surface area contributed by atoms with Crippen molar-refractivity contribution in [1.82, 2.24) is 10.2 Å². The third-order valence-electron chi connectivity index (χ3n) is 3.00. The van der Waals surface area contributed by atoms with Gasteiger partial charge in [0.2, 0.25) is 0 Å². The van der Waals surface area contributed by atoms with E-state index in [1.54, 1.807) is 41.5 Å². The van der Waals surface area contributed by atoms with Crippen LogP contribution in [-0.4, -0.2) is 47.9 Å². The van der Waals surface area contributed by atoms with Crippen molar-refractivity contribution in [2.75, 3.05) is 19.6 Å². The molecule has 0 aromatic carbocycles. The van der Waals surface area contributed by atoms with Crippen LogP contribution in [0.2, 0.25) is 0 Å². The molecule has 0 heterocycles. The van der Waals surface area contributed by atoms with E-state index in [2.05, 4.69) is 11.9 Å². The van der Waals surface area contributed by atoms with E-state index in [1.807, 2.05) is 6.08 Å². The zero-order chi connectivity index (χ0) is 19.5. The van der Waals surface area contributed by atoms with Gasteiger partial charge in [-0.15, -0.1) is 6.58 Å². The largest absolute Gasteiger partial charge is 0.443 e. The Balaban J connectivity index is 4.47. The van der Waals surface area contributed by atoms with Gasteiger partial charge in [-0.3, -0.25) is 0 Å². The number of ether oxygens (including phenoxy) is 2. The minimum atomic E-state index is -0.686. The number of amides is 2. The Bertz CT molecular complexity index is 394. The van der Waals surface area contributed by atoms with E-state index in [4.69, 9.17) is 9.47 Å². The van der Waals surface area contributed by atoms with Gasteiger partial charge in [-0.1, -0.05) is 12.5 Å². The van der Waals surface area contributed by atoms with Gasteiger partial charge < -0.3 is 14.8 Å². The molecular weight excluding hydrogens is 320 g/mol. The second kappa shape index (κ2) is 11.1. The Morgan fingerprint density at radius 2 is 1.44 bits per heavy atom. The number of hydrogen-bond donors (Lipinski definition) is 1. The zero-order valence-corrected chi connectivity index (χ0v) is 16.8. The first-order valence-corrected chi connectivity index (χ1v) is 9.01. The standard InChI is InChI=1S/C19H36N2O4/c1-8-9-10-11-12-13-20-14-15-21(16(22)24-18(2,3)4)17(23)25-19(5,6)7/h8,20H,1,9-15H2,2-7H3. The molecule has 2 amide bonds. The molecule has 6 nitrogen and oxygen atoms in total. The summed E-state index contributed by atoms with van der Waals surface area (Å²) in [5.41, 5.74) is -1.34. The maximum absolute atomic E-state index is 12.3. The predicted molar refractivity (Wildman–Crippen MR) is 101 cm³/mol. The Morgan fingerprint density at radius 1 is 0.920 bits per heavy atom. The molecule has 1 N–H and O–H groups in total. The normalized spacial score (nSPS) is 11.8. The molecule has 0 saturated carbocycles. The van der Waals surface area contributed by atoms with Gasteiger partial charge in [-0.2, -0.15) is 0 Å². The molecule has 0 saturated heterocycles. The van der Waals surface area contributed by atoms with Crippen LogP contribution >= 0.6 is 0 Å². The third-order valence-corrected chi connectivity index (χ3v) is 3.00. The lowest BCUT2D eigenvalue weighted by molar-refractivity contribution is 0.00171. The van der Waals surface area contributed by atoms with Gasteiger partial charge in [0.25, 0.3) is 0 Å². The average Bonchev–Trinajstić information content (AvgIpc) is 2.41. The van der Waals surface area contributed by atoms with E-state index >= 15 is 0 Å². The van der Waals surface area contributed by atoms with Crippen molar-refractivity contribution in [2.45, 2.75) is 78.4 Å². The summed E-state index contributed by atoms with van der Waals surface area (Å²) >= 11 is 0. The average molecular weight is 357 g/mol. The first-order chi connectivity index (χ1) is 11.5. The quantitative estimate of drug-likeness (QED) is 0.487. The predicted octanol–water partition coefficient (Wildman–Crippen LogP) is 4.49. The Hall–Kier alpha value is -1.56. The fourth-order valence-electron chi connectivity index (χ4n) is 1.92. The molecule has 0 rings (SSSR count). The smallest absolute Gasteiger partial charge is 0.419 e. The third kappa shape index (κ3) is 13.4. The number of nitrogens with zero attached hydrogens (tertiary/aromatic N) is 1. The highest BCUT2D eigenvalue weighted by molar-refractivity contribution is 5.88. The Labute approximate surface area is 152 Å². The fourth-order valence-corrected chi connectivity index (χ4v) is 1.92. The summed E-state index contributed by atoms with van der Waals surface area (Å²) in [6.07, 6.45) is 4.89. The molecule has 0 unspecified atom stereocenters. The van der Waals surface area contributed by atoms with Crippen LogP contribution in [0.15, 0.2) is 12.7 Å². The van der Waals surface area contributed by atoms with Crippen LogP contribution in [-0.2, 0) is 9.47 Å². The van der Waals surface area contributed by atoms with E-state index < -0.39 is 23.4 Å². The molecule has 6 heteroatoms. The lowest BCUT2D eigenvalue weighted by atomic mass is 10.2. The summed E-state index contributed by atoms with van der Waals surface area (Å²) in [7, 11) is 0. The minimum Gasteiger partial charge on any atom is -0.443 e. The van der Waals surface area contributed by atoms with E-state index in [9.17, 15) is 9.59 Å². The minimum absolute atomic E-state index is 0.205. The second-order valence-electron chi connectivity index (χ2n) is 8.00. The lowest BCUT2D eigenvalue weighted by Gasteiger charge is -2.28. The number of rotatable bonds is 9. The highest BCUT2D eigenvalue weighted by atomic mass is 16.6. The van der Waals surface area contributed by atoms with Crippen LogP contribution in [0.4, 0.5) is 9.59 Å². The van der Waals surface area contributed by atoms with Crippen LogP contribution in [0.25, 0.3) is 0 Å². The van der Waals surface area contributed by atoms with Crippen molar-refractivity contribution < 1.29 is 19.1 Å². The summed E-state index contributed by atoms with van der Waals surface area (Å²) in [4.78, 5) is 25.6. The number of carbonyl (C=O) groups is 2. The number of nitrogens with one attached hydrogen (secondary N) is 1. The van der Waals surface area contributed by atoms with Gasteiger partial charge in [0.05, 0.1) is 0 Å². The molecule has 0 atom stereocenters. The molecule has 0 aromatic heterocycles. The molecule has 0 fully saturated rings. The molecule has 25 heavy (non-hydrogen) atoms. The van der Waals surface area contributed by atoms with E-state index in [0.29, 0.717) is 6.54 Å². The molecule has 0 radical (unpaired) electrons. The monoisotopic (exact) mass is 356 g/mol. The SMILES string of the molecule is C=CCCCCCNCCN(C(=O)OC(C)(C)C)C(=O)OC(C)(C)C. The van der Waals surface area contributed by atoms with Crippen LogP contribution in [0.1, 0.15) is 67.2 Å². The van der Waals surface area contributed by atoms with Crippen LogP contribution in [0, 0.1) is 0 Å². The molecule has 0 spiro atoms. The number of hydrogen-bond acceptors (Lipinski definition) is 5. The van der Waals surface area contributed by atoms with Crippen molar-refractivity contribution in [2.24, 2.45) is 0 Å². The van der Waals surface area contributed by atoms with Crippen molar-refractivity contribution in [3.63, 3.8) is 0 Å². The molecule has 146 valence electrons. The van der Waals surface area contributed by atoms with Gasteiger partial charge in [0, 0.05) is 13.1 Å². The maximum Gasteiger partial charge on any atom is 0.419 e. The Kier molecular flexibility index (Phi) is 10.4. The summed E-state index contributed by atoms with van der Waals surface area (Å²) < 4.78 is 10.6. The first kappa shape index (κ1) is 23.4. The number of allylic oxidation sites excluding steroid dienone is 1. The van der Waals surface area contributed by atoms with E-state index in [0.717, 1.165) is 37.1 Å². The maximum atomic E-state index is 12.3. The zero-order valence-electron chi connectivity index (χ0n) is 16.8. The molecule has 0 aliphatic rings. The summed E-state index contributed by atoms with van der Waals surface area (Å²) in [5, 5.41) is 3.25. The number of carbonyl (C=O) groups excluding carboxylic acids is 2. The van der Waals surface area contributed by atoms with Gasteiger partial charge in [0.1, 0.15) is 11.2 Å². The van der Waals surface area contributed by atoms with E-state index in [1.165, 1.54) is 0 Å². The van der Waals surface area contributed by atoms with Gasteiger partial charge in [-0.05, 0) is 67.3 Å². The van der Waals surface area contributed by atoms with Gasteiger partial charge in [-0.25, -0.2) is 14.5 Å². The summed E-state index contributed by atoms with van der Waals surface area (Å²) in [5.74, 6) is 0.